The van der Waals surface area contributed by atoms with E-state index < -0.39 is 49.5 Å². The third kappa shape index (κ3) is 26.3. The maximum atomic E-state index is 12.9. The second-order valence-corrected chi connectivity index (χ2v) is 15.5. The van der Waals surface area contributed by atoms with Gasteiger partial charge in [-0.2, -0.15) is 0 Å². The normalized spacial score (nSPS) is 21.8. The number of aliphatic hydroxyl groups is 5. The Hall–Kier alpha value is -1.59. The molecule has 0 radical (unpaired) electrons. The van der Waals surface area contributed by atoms with Crippen LogP contribution in [-0.4, -0.2) is 87.5 Å². The molecule has 1 amide bonds. The van der Waals surface area contributed by atoms with Gasteiger partial charge in [0, 0.05) is 6.42 Å². The summed E-state index contributed by atoms with van der Waals surface area (Å²) in [7, 11) is 0. The molecule has 1 heterocycles. The van der Waals surface area contributed by atoms with E-state index in [-0.39, 0.29) is 12.5 Å². The van der Waals surface area contributed by atoms with Crippen molar-refractivity contribution in [3.8, 4) is 0 Å². The summed E-state index contributed by atoms with van der Waals surface area (Å²) in [5, 5.41) is 54.3. The number of ether oxygens (including phenoxy) is 2. The first-order chi connectivity index (χ1) is 26.3. The minimum atomic E-state index is -1.56. The van der Waals surface area contributed by atoms with E-state index in [1.807, 2.05) is 0 Å². The minimum Gasteiger partial charge on any atom is -0.394 e. The Kier molecular flexibility index (Phi) is 33.4. The van der Waals surface area contributed by atoms with Crippen molar-refractivity contribution < 1.29 is 39.8 Å². The SMILES string of the molecule is CC/C=C\C/C=C\C/C=C\CCCCCCCC(=O)NC(COC1OC(CO)C(O)C(O)C1O)C(O)CCCCCCCCCCCCCCCCCC. The van der Waals surface area contributed by atoms with E-state index >= 15 is 0 Å². The van der Waals surface area contributed by atoms with Crippen LogP contribution >= 0.6 is 0 Å². The summed E-state index contributed by atoms with van der Waals surface area (Å²) in [4.78, 5) is 12.9. The van der Waals surface area contributed by atoms with Crippen LogP contribution in [0.1, 0.15) is 187 Å². The Bertz CT molecular complexity index is 941. The van der Waals surface area contributed by atoms with Gasteiger partial charge < -0.3 is 40.3 Å². The summed E-state index contributed by atoms with van der Waals surface area (Å²) in [6.07, 6.45) is 35.7. The molecule has 0 aromatic heterocycles. The first-order valence-electron chi connectivity index (χ1n) is 22.2. The zero-order chi connectivity index (χ0) is 39.5. The Morgan fingerprint density at radius 1 is 0.648 bits per heavy atom. The van der Waals surface area contributed by atoms with Gasteiger partial charge in [-0.1, -0.05) is 172 Å². The van der Waals surface area contributed by atoms with Crippen LogP contribution in [0.15, 0.2) is 36.5 Å². The molecule has 1 fully saturated rings. The molecular weight excluding hydrogens is 682 g/mol. The Morgan fingerprint density at radius 3 is 1.70 bits per heavy atom. The highest BCUT2D eigenvalue weighted by molar-refractivity contribution is 5.76. The quantitative estimate of drug-likeness (QED) is 0.0274. The fourth-order valence-corrected chi connectivity index (χ4v) is 6.94. The van der Waals surface area contributed by atoms with Crippen molar-refractivity contribution in [2.75, 3.05) is 13.2 Å². The molecule has 1 aliphatic rings. The molecule has 1 saturated heterocycles. The molecule has 7 unspecified atom stereocenters. The number of hydrogen-bond acceptors (Lipinski definition) is 8. The lowest BCUT2D eigenvalue weighted by molar-refractivity contribution is -0.302. The molecule has 9 nitrogen and oxygen atoms in total. The van der Waals surface area contributed by atoms with Gasteiger partial charge in [-0.15, -0.1) is 0 Å². The molecule has 54 heavy (non-hydrogen) atoms. The molecule has 7 atom stereocenters. The average molecular weight is 766 g/mol. The van der Waals surface area contributed by atoms with Crippen LogP contribution in [-0.2, 0) is 14.3 Å². The summed E-state index contributed by atoms with van der Waals surface area (Å²) in [6.45, 7) is 3.70. The molecule has 1 rings (SSSR count). The van der Waals surface area contributed by atoms with Gasteiger partial charge in [0.15, 0.2) is 6.29 Å². The van der Waals surface area contributed by atoms with Gasteiger partial charge in [0.1, 0.15) is 24.4 Å². The summed E-state index contributed by atoms with van der Waals surface area (Å²) in [5.41, 5.74) is 0. The van der Waals surface area contributed by atoms with Gasteiger partial charge in [0.25, 0.3) is 0 Å². The fourth-order valence-electron chi connectivity index (χ4n) is 6.94. The maximum absolute atomic E-state index is 12.9. The van der Waals surface area contributed by atoms with Crippen LogP contribution < -0.4 is 5.32 Å². The number of carbonyl (C=O) groups is 1. The number of hydrogen-bond donors (Lipinski definition) is 6. The number of nitrogens with one attached hydrogen (secondary N) is 1. The summed E-state index contributed by atoms with van der Waals surface area (Å²) in [6, 6.07) is -0.726. The lowest BCUT2D eigenvalue weighted by atomic mass is 9.99. The highest BCUT2D eigenvalue weighted by Gasteiger charge is 2.44. The van der Waals surface area contributed by atoms with Crippen LogP contribution in [0.25, 0.3) is 0 Å². The maximum Gasteiger partial charge on any atom is 0.220 e. The van der Waals surface area contributed by atoms with Crippen LogP contribution in [0.4, 0.5) is 0 Å². The Morgan fingerprint density at radius 2 is 1.15 bits per heavy atom. The molecule has 1 aliphatic heterocycles. The fraction of sp³-hybridized carbons (Fsp3) is 0.844. The van der Waals surface area contributed by atoms with Crippen LogP contribution in [0.3, 0.4) is 0 Å². The van der Waals surface area contributed by atoms with E-state index in [2.05, 4.69) is 55.6 Å². The van der Waals surface area contributed by atoms with E-state index in [1.165, 1.54) is 83.5 Å². The second-order valence-electron chi connectivity index (χ2n) is 15.5. The summed E-state index contributed by atoms with van der Waals surface area (Å²) >= 11 is 0. The van der Waals surface area contributed by atoms with Gasteiger partial charge >= 0.3 is 0 Å². The number of carbonyl (C=O) groups excluding carboxylic acids is 1. The second kappa shape index (κ2) is 35.8. The Balaban J connectivity index is 2.36. The molecule has 0 spiro atoms. The van der Waals surface area contributed by atoms with Crippen molar-refractivity contribution in [1.29, 1.82) is 0 Å². The predicted molar refractivity (Wildman–Crippen MR) is 221 cm³/mol. The number of aliphatic hydroxyl groups excluding tert-OH is 5. The zero-order valence-electron chi connectivity index (χ0n) is 34.5. The number of rotatable bonds is 36. The monoisotopic (exact) mass is 766 g/mol. The standard InChI is InChI=1S/C45H83NO8/c1-3-5-7-9-11-13-15-17-19-21-22-24-26-28-30-32-34-39(48)38(37-53-45-44(52)43(51)42(50)40(36-47)54-45)46-41(49)35-33-31-29-27-25-23-20-18-16-14-12-10-8-6-4-2/h6,8,12,14,18,20,38-40,42-45,47-48,50-52H,3-5,7,9-11,13,15-17,19,21-37H2,1-2H3,(H,46,49)/b8-6-,14-12-,20-18-. The zero-order valence-corrected chi connectivity index (χ0v) is 34.5. The summed E-state index contributed by atoms with van der Waals surface area (Å²) < 4.78 is 11.2. The average Bonchev–Trinajstić information content (AvgIpc) is 3.17. The third-order valence-electron chi connectivity index (χ3n) is 10.5. The van der Waals surface area contributed by atoms with Crippen molar-refractivity contribution in [3.63, 3.8) is 0 Å². The number of amides is 1. The van der Waals surface area contributed by atoms with Gasteiger partial charge in [-0.3, -0.25) is 4.79 Å². The minimum absolute atomic E-state index is 0.145. The molecule has 316 valence electrons. The molecule has 0 aromatic carbocycles. The molecule has 0 saturated carbocycles. The summed E-state index contributed by atoms with van der Waals surface area (Å²) in [5.74, 6) is -0.162. The van der Waals surface area contributed by atoms with E-state index in [0.717, 1.165) is 77.0 Å². The smallest absolute Gasteiger partial charge is 0.220 e. The molecule has 6 N–H and O–H groups in total. The highest BCUT2D eigenvalue weighted by atomic mass is 16.7. The van der Waals surface area contributed by atoms with E-state index in [4.69, 9.17) is 9.47 Å². The number of unbranched alkanes of at least 4 members (excludes halogenated alkanes) is 20. The van der Waals surface area contributed by atoms with E-state index in [0.29, 0.717) is 12.8 Å². The molecule has 0 aliphatic carbocycles. The molecular formula is C45H83NO8. The number of allylic oxidation sites excluding steroid dienone is 6. The van der Waals surface area contributed by atoms with Crippen LogP contribution in [0.5, 0.6) is 0 Å². The van der Waals surface area contributed by atoms with E-state index in [9.17, 15) is 30.3 Å². The van der Waals surface area contributed by atoms with Gasteiger partial charge in [-0.05, 0) is 44.9 Å². The van der Waals surface area contributed by atoms with Gasteiger partial charge in [0.05, 0.1) is 25.4 Å². The van der Waals surface area contributed by atoms with Crippen LogP contribution in [0, 0.1) is 0 Å². The van der Waals surface area contributed by atoms with Gasteiger partial charge in [-0.25, -0.2) is 0 Å². The first kappa shape index (κ1) is 50.4. The molecule has 9 heteroatoms. The predicted octanol–water partition coefficient (Wildman–Crippen LogP) is 8.89. The largest absolute Gasteiger partial charge is 0.394 e. The molecule has 0 aromatic rings. The Labute approximate surface area is 330 Å². The third-order valence-corrected chi connectivity index (χ3v) is 10.5. The van der Waals surface area contributed by atoms with Crippen molar-refractivity contribution in [1.82, 2.24) is 5.32 Å². The van der Waals surface area contributed by atoms with Crippen molar-refractivity contribution in [2.24, 2.45) is 0 Å². The first-order valence-corrected chi connectivity index (χ1v) is 22.2. The van der Waals surface area contributed by atoms with Crippen LogP contribution in [0.2, 0.25) is 0 Å². The van der Waals surface area contributed by atoms with Crippen molar-refractivity contribution >= 4 is 5.91 Å². The van der Waals surface area contributed by atoms with E-state index in [1.54, 1.807) is 0 Å². The lowest BCUT2D eigenvalue weighted by Gasteiger charge is -2.40. The van der Waals surface area contributed by atoms with Crippen molar-refractivity contribution in [2.45, 2.75) is 230 Å². The van der Waals surface area contributed by atoms with Gasteiger partial charge in [0.2, 0.25) is 5.91 Å². The molecule has 0 bridgehead atoms. The topological polar surface area (TPSA) is 149 Å². The van der Waals surface area contributed by atoms with Crippen molar-refractivity contribution in [3.05, 3.63) is 36.5 Å². The highest BCUT2D eigenvalue weighted by Crippen LogP contribution is 2.23. The lowest BCUT2D eigenvalue weighted by Crippen LogP contribution is -2.60.